The molecule has 170 valence electrons. The van der Waals surface area contributed by atoms with Gasteiger partial charge >= 0.3 is 6.18 Å². The maximum Gasteiger partial charge on any atom is 0.416 e. The van der Waals surface area contributed by atoms with Crippen LogP contribution >= 0.6 is 24.0 Å². The number of hydrogen-bond acceptors (Lipinski definition) is 3. The Bertz CT molecular complexity index is 812. The maximum atomic E-state index is 12.7. The van der Waals surface area contributed by atoms with Gasteiger partial charge in [-0.3, -0.25) is 14.9 Å². The quantitative estimate of drug-likeness (QED) is 0.312. The van der Waals surface area contributed by atoms with Gasteiger partial charge < -0.3 is 10.6 Å². The van der Waals surface area contributed by atoms with E-state index in [0.29, 0.717) is 13.1 Å². The van der Waals surface area contributed by atoms with Crippen molar-refractivity contribution >= 4 is 29.9 Å². The number of rotatable bonds is 7. The summed E-state index contributed by atoms with van der Waals surface area (Å²) in [4.78, 5) is 11.2. The van der Waals surface area contributed by atoms with Crippen molar-refractivity contribution in [1.29, 1.82) is 0 Å². The molecule has 0 bridgehead atoms. The summed E-state index contributed by atoms with van der Waals surface area (Å²) in [6.07, 6.45) is -0.764. The standard InChI is InChI=1S/C22H28F3N5.HI/c1-2-26-21(28-13-10-19-5-3-4-12-27-19)29-20-11-14-30(16-20)15-17-6-8-18(9-7-17)22(23,24)25;/h3-9,12,20H,2,10-11,13-16H2,1H3,(H2,26,28,29);1H. The van der Waals surface area contributed by atoms with Crippen LogP contribution in [0.3, 0.4) is 0 Å². The molecule has 5 nitrogen and oxygen atoms in total. The normalized spacial score (nSPS) is 17.3. The molecule has 1 atom stereocenters. The Hall–Kier alpha value is -1.88. The van der Waals surface area contributed by atoms with E-state index >= 15 is 0 Å². The van der Waals surface area contributed by atoms with E-state index in [-0.39, 0.29) is 30.0 Å². The van der Waals surface area contributed by atoms with Gasteiger partial charge in [-0.05, 0) is 43.2 Å². The molecule has 2 heterocycles. The Labute approximate surface area is 198 Å². The lowest BCUT2D eigenvalue weighted by Crippen LogP contribution is -2.44. The van der Waals surface area contributed by atoms with Gasteiger partial charge in [0, 0.05) is 57.1 Å². The molecule has 0 saturated carbocycles. The third-order valence-electron chi connectivity index (χ3n) is 5.01. The Balaban J connectivity index is 0.00000341. The fraction of sp³-hybridized carbons (Fsp3) is 0.455. The van der Waals surface area contributed by atoms with E-state index in [1.807, 2.05) is 25.1 Å². The lowest BCUT2D eigenvalue weighted by molar-refractivity contribution is -0.137. The van der Waals surface area contributed by atoms with Crippen LogP contribution in [0.1, 0.15) is 30.2 Å². The zero-order chi connectivity index (χ0) is 21.4. The van der Waals surface area contributed by atoms with Crippen molar-refractivity contribution in [3.63, 3.8) is 0 Å². The van der Waals surface area contributed by atoms with Crippen molar-refractivity contribution in [3.05, 3.63) is 65.5 Å². The first-order valence-corrected chi connectivity index (χ1v) is 10.3. The number of pyridine rings is 1. The molecule has 1 fully saturated rings. The summed E-state index contributed by atoms with van der Waals surface area (Å²) < 4.78 is 38.1. The number of aliphatic imine (C=N–C) groups is 1. The summed E-state index contributed by atoms with van der Waals surface area (Å²) in [6.45, 7) is 5.81. The highest BCUT2D eigenvalue weighted by Crippen LogP contribution is 2.29. The minimum absolute atomic E-state index is 0. The Morgan fingerprint density at radius 3 is 2.61 bits per heavy atom. The zero-order valence-corrected chi connectivity index (χ0v) is 19.9. The van der Waals surface area contributed by atoms with Gasteiger partial charge in [0.1, 0.15) is 0 Å². The van der Waals surface area contributed by atoms with Crippen LogP contribution in [0.15, 0.2) is 53.7 Å². The SMILES string of the molecule is CCNC(=NCCc1ccccn1)NC1CCN(Cc2ccc(C(F)(F)F)cc2)C1.I. The van der Waals surface area contributed by atoms with Crippen LogP contribution < -0.4 is 10.6 Å². The maximum absolute atomic E-state index is 12.7. The summed E-state index contributed by atoms with van der Waals surface area (Å²) in [5.41, 5.74) is 1.30. The molecular formula is C22H29F3IN5. The number of alkyl halides is 3. The van der Waals surface area contributed by atoms with Crippen LogP contribution in [0.2, 0.25) is 0 Å². The van der Waals surface area contributed by atoms with E-state index in [2.05, 4.69) is 25.5 Å². The van der Waals surface area contributed by atoms with Gasteiger partial charge in [-0.25, -0.2) is 0 Å². The third kappa shape index (κ3) is 8.29. The first-order valence-electron chi connectivity index (χ1n) is 10.3. The Morgan fingerprint density at radius 1 is 1.19 bits per heavy atom. The van der Waals surface area contributed by atoms with Crippen molar-refractivity contribution in [1.82, 2.24) is 20.5 Å². The van der Waals surface area contributed by atoms with Gasteiger partial charge in [0.25, 0.3) is 0 Å². The number of aromatic nitrogens is 1. The van der Waals surface area contributed by atoms with E-state index in [1.165, 1.54) is 0 Å². The van der Waals surface area contributed by atoms with Crippen LogP contribution in [0, 0.1) is 0 Å². The molecule has 2 N–H and O–H groups in total. The molecule has 3 rings (SSSR count). The first kappa shape index (κ1) is 25.4. The highest BCUT2D eigenvalue weighted by Gasteiger charge is 2.30. The lowest BCUT2D eigenvalue weighted by Gasteiger charge is -2.19. The van der Waals surface area contributed by atoms with Crippen LogP contribution in [-0.4, -0.2) is 48.1 Å². The van der Waals surface area contributed by atoms with Gasteiger partial charge in [0.2, 0.25) is 0 Å². The van der Waals surface area contributed by atoms with E-state index in [1.54, 1.807) is 18.3 Å². The monoisotopic (exact) mass is 547 g/mol. The van der Waals surface area contributed by atoms with E-state index in [9.17, 15) is 13.2 Å². The van der Waals surface area contributed by atoms with Crippen molar-refractivity contribution < 1.29 is 13.2 Å². The molecule has 0 aliphatic carbocycles. The molecule has 1 aliphatic rings. The number of likely N-dealkylation sites (tertiary alicyclic amines) is 1. The van der Waals surface area contributed by atoms with Crippen LogP contribution in [0.4, 0.5) is 13.2 Å². The predicted octanol–water partition coefficient (Wildman–Crippen LogP) is 4.09. The number of hydrogen-bond donors (Lipinski definition) is 2. The predicted molar refractivity (Wildman–Crippen MR) is 128 cm³/mol. The molecule has 1 unspecified atom stereocenters. The molecular weight excluding hydrogens is 518 g/mol. The highest BCUT2D eigenvalue weighted by molar-refractivity contribution is 14.0. The summed E-state index contributed by atoms with van der Waals surface area (Å²) in [7, 11) is 0. The number of nitrogens with zero attached hydrogens (tertiary/aromatic N) is 3. The van der Waals surface area contributed by atoms with Crippen LogP contribution in [-0.2, 0) is 19.1 Å². The number of nitrogens with one attached hydrogen (secondary N) is 2. The average Bonchev–Trinajstić information content (AvgIpc) is 3.15. The molecule has 0 spiro atoms. The fourth-order valence-corrected chi connectivity index (χ4v) is 3.49. The number of benzene rings is 1. The Morgan fingerprint density at radius 2 is 1.97 bits per heavy atom. The van der Waals surface area contributed by atoms with E-state index < -0.39 is 11.7 Å². The Kier molecular flexibility index (Phi) is 10.0. The summed E-state index contributed by atoms with van der Waals surface area (Å²) in [5.74, 6) is 0.787. The van der Waals surface area contributed by atoms with Gasteiger partial charge in [-0.1, -0.05) is 18.2 Å². The average molecular weight is 547 g/mol. The molecule has 1 aromatic carbocycles. The summed E-state index contributed by atoms with van der Waals surface area (Å²) >= 11 is 0. The molecule has 1 aliphatic heterocycles. The second-order valence-corrected chi connectivity index (χ2v) is 7.39. The smallest absolute Gasteiger partial charge is 0.357 e. The van der Waals surface area contributed by atoms with Gasteiger partial charge in [0.05, 0.1) is 5.56 Å². The van der Waals surface area contributed by atoms with Gasteiger partial charge in [-0.15, -0.1) is 24.0 Å². The lowest BCUT2D eigenvalue weighted by atomic mass is 10.1. The molecule has 1 aromatic heterocycles. The molecule has 31 heavy (non-hydrogen) atoms. The topological polar surface area (TPSA) is 52.6 Å². The molecule has 0 radical (unpaired) electrons. The van der Waals surface area contributed by atoms with Crippen molar-refractivity contribution in [2.75, 3.05) is 26.2 Å². The second-order valence-electron chi connectivity index (χ2n) is 7.39. The zero-order valence-electron chi connectivity index (χ0n) is 17.5. The third-order valence-corrected chi connectivity index (χ3v) is 5.01. The molecule has 2 aromatic rings. The summed E-state index contributed by atoms with van der Waals surface area (Å²) in [6, 6.07) is 11.5. The summed E-state index contributed by atoms with van der Waals surface area (Å²) in [5, 5.41) is 6.75. The largest absolute Gasteiger partial charge is 0.416 e. The van der Waals surface area contributed by atoms with Crippen LogP contribution in [0.5, 0.6) is 0 Å². The van der Waals surface area contributed by atoms with Gasteiger partial charge in [0.15, 0.2) is 5.96 Å². The minimum atomic E-state index is -4.29. The van der Waals surface area contributed by atoms with Crippen LogP contribution in [0.25, 0.3) is 0 Å². The number of guanidine groups is 1. The number of halogens is 4. The molecule has 1 saturated heterocycles. The highest BCUT2D eigenvalue weighted by atomic mass is 127. The molecule has 0 amide bonds. The van der Waals surface area contributed by atoms with Gasteiger partial charge in [-0.2, -0.15) is 13.2 Å². The van der Waals surface area contributed by atoms with Crippen molar-refractivity contribution in [2.45, 2.75) is 38.5 Å². The van der Waals surface area contributed by atoms with E-state index in [0.717, 1.165) is 61.8 Å². The molecule has 9 heteroatoms. The minimum Gasteiger partial charge on any atom is -0.357 e. The second kappa shape index (κ2) is 12.2. The van der Waals surface area contributed by atoms with Crippen molar-refractivity contribution in [2.24, 2.45) is 4.99 Å². The van der Waals surface area contributed by atoms with E-state index in [4.69, 9.17) is 0 Å². The fourth-order valence-electron chi connectivity index (χ4n) is 3.49. The first-order chi connectivity index (χ1) is 14.4. The van der Waals surface area contributed by atoms with Crippen molar-refractivity contribution in [3.8, 4) is 0 Å².